The minimum Gasteiger partial charge on any atom is -0.427 e. The molecule has 0 spiro atoms. The number of rotatable bonds is 2. The number of hydrogen-bond donors (Lipinski definition) is 2. The van der Waals surface area contributed by atoms with E-state index >= 15 is 0 Å². The van der Waals surface area contributed by atoms with E-state index in [-0.39, 0.29) is 6.32 Å². The van der Waals surface area contributed by atoms with Gasteiger partial charge in [-0.05, 0) is 5.56 Å². The minimum atomic E-state index is -1.27. The standard InChI is InChI=1S/C5H9BN2O2/c1-8-4-5(3-7-8)2-6(9)10/h3-4,9-10H,2H2,1H3. The lowest BCUT2D eigenvalue weighted by Crippen LogP contribution is -2.14. The molecule has 0 bridgehead atoms. The monoisotopic (exact) mass is 140 g/mol. The number of aromatic nitrogens is 2. The summed E-state index contributed by atoms with van der Waals surface area (Å²) in [6, 6.07) is 0. The quantitative estimate of drug-likeness (QED) is 0.516. The van der Waals surface area contributed by atoms with Crippen LogP contribution in [0.2, 0.25) is 0 Å². The summed E-state index contributed by atoms with van der Waals surface area (Å²) in [5.74, 6) is 0. The summed E-state index contributed by atoms with van der Waals surface area (Å²) >= 11 is 0. The molecule has 0 fully saturated rings. The molecular weight excluding hydrogens is 131 g/mol. The zero-order valence-electron chi connectivity index (χ0n) is 5.73. The maximum atomic E-state index is 8.53. The first-order valence-corrected chi connectivity index (χ1v) is 3.02. The van der Waals surface area contributed by atoms with Crippen molar-refractivity contribution in [2.75, 3.05) is 0 Å². The fourth-order valence-electron chi connectivity index (χ4n) is 0.788. The number of hydrogen-bond acceptors (Lipinski definition) is 3. The summed E-state index contributed by atoms with van der Waals surface area (Å²) in [6.07, 6.45) is 3.60. The van der Waals surface area contributed by atoms with Gasteiger partial charge in [0.15, 0.2) is 0 Å². The largest absolute Gasteiger partial charge is 0.456 e. The third-order valence-corrected chi connectivity index (χ3v) is 1.18. The SMILES string of the molecule is Cn1cc(CB(O)O)cn1. The van der Waals surface area contributed by atoms with E-state index in [9.17, 15) is 0 Å². The molecule has 0 saturated heterocycles. The van der Waals surface area contributed by atoms with Crippen molar-refractivity contribution in [3.63, 3.8) is 0 Å². The van der Waals surface area contributed by atoms with E-state index in [1.165, 1.54) is 0 Å². The van der Waals surface area contributed by atoms with Crippen molar-refractivity contribution in [2.24, 2.45) is 7.05 Å². The fraction of sp³-hybridized carbons (Fsp3) is 0.400. The molecule has 5 heteroatoms. The Hall–Kier alpha value is -0.805. The van der Waals surface area contributed by atoms with E-state index in [1.54, 1.807) is 24.1 Å². The molecule has 0 saturated carbocycles. The van der Waals surface area contributed by atoms with Crippen LogP contribution >= 0.6 is 0 Å². The van der Waals surface area contributed by atoms with E-state index in [1.807, 2.05) is 0 Å². The van der Waals surface area contributed by atoms with Crippen molar-refractivity contribution in [2.45, 2.75) is 6.32 Å². The highest BCUT2D eigenvalue weighted by Gasteiger charge is 2.08. The Morgan fingerprint density at radius 2 is 2.40 bits per heavy atom. The van der Waals surface area contributed by atoms with Crippen LogP contribution in [0, 0.1) is 0 Å². The van der Waals surface area contributed by atoms with Gasteiger partial charge in [0.1, 0.15) is 0 Å². The molecule has 1 rings (SSSR count). The topological polar surface area (TPSA) is 58.3 Å². The summed E-state index contributed by atoms with van der Waals surface area (Å²) in [5.41, 5.74) is 0.831. The molecule has 0 atom stereocenters. The highest BCUT2D eigenvalue weighted by atomic mass is 16.4. The number of nitrogens with zero attached hydrogens (tertiary/aromatic N) is 2. The second kappa shape index (κ2) is 2.85. The van der Waals surface area contributed by atoms with Gasteiger partial charge < -0.3 is 10.0 Å². The lowest BCUT2D eigenvalue weighted by molar-refractivity contribution is 0.405. The van der Waals surface area contributed by atoms with E-state index < -0.39 is 7.12 Å². The third kappa shape index (κ3) is 1.86. The van der Waals surface area contributed by atoms with Crippen molar-refractivity contribution in [3.8, 4) is 0 Å². The van der Waals surface area contributed by atoms with E-state index in [0.29, 0.717) is 0 Å². The first-order chi connectivity index (χ1) is 4.68. The molecule has 0 aliphatic rings. The molecule has 10 heavy (non-hydrogen) atoms. The smallest absolute Gasteiger partial charge is 0.427 e. The van der Waals surface area contributed by atoms with Gasteiger partial charge in [0.25, 0.3) is 0 Å². The predicted octanol–water partition coefficient (Wildman–Crippen LogP) is -1.03. The van der Waals surface area contributed by atoms with Crippen molar-refractivity contribution < 1.29 is 10.0 Å². The molecule has 1 aromatic heterocycles. The van der Waals surface area contributed by atoms with Gasteiger partial charge >= 0.3 is 7.12 Å². The zero-order valence-corrected chi connectivity index (χ0v) is 5.73. The average Bonchev–Trinajstić information content (AvgIpc) is 2.13. The van der Waals surface area contributed by atoms with Gasteiger partial charge in [-0.25, -0.2) is 0 Å². The van der Waals surface area contributed by atoms with Gasteiger partial charge in [0.2, 0.25) is 0 Å². The Labute approximate surface area is 59.2 Å². The molecule has 2 N–H and O–H groups in total. The van der Waals surface area contributed by atoms with Crippen molar-refractivity contribution in [1.29, 1.82) is 0 Å². The highest BCUT2D eigenvalue weighted by Crippen LogP contribution is 1.96. The van der Waals surface area contributed by atoms with Crippen LogP contribution in [-0.4, -0.2) is 26.9 Å². The summed E-state index contributed by atoms with van der Waals surface area (Å²) in [6.45, 7) is 0. The van der Waals surface area contributed by atoms with Crippen LogP contribution in [0.5, 0.6) is 0 Å². The van der Waals surface area contributed by atoms with Gasteiger partial charge in [-0.2, -0.15) is 5.10 Å². The molecule has 0 aliphatic heterocycles. The summed E-state index contributed by atoms with van der Waals surface area (Å²) in [5, 5.41) is 20.9. The first-order valence-electron chi connectivity index (χ1n) is 3.02. The summed E-state index contributed by atoms with van der Waals surface area (Å²) in [4.78, 5) is 0. The van der Waals surface area contributed by atoms with Crippen LogP contribution in [0.15, 0.2) is 12.4 Å². The Morgan fingerprint density at radius 1 is 1.70 bits per heavy atom. The van der Waals surface area contributed by atoms with Gasteiger partial charge in [-0.15, -0.1) is 0 Å². The molecule has 54 valence electrons. The van der Waals surface area contributed by atoms with E-state index in [2.05, 4.69) is 5.10 Å². The Morgan fingerprint density at radius 3 is 2.80 bits per heavy atom. The predicted molar refractivity (Wildman–Crippen MR) is 37.1 cm³/mol. The van der Waals surface area contributed by atoms with Crippen LogP contribution < -0.4 is 0 Å². The van der Waals surface area contributed by atoms with Crippen LogP contribution in [0.4, 0.5) is 0 Å². The fourth-order valence-corrected chi connectivity index (χ4v) is 0.788. The maximum absolute atomic E-state index is 8.53. The van der Waals surface area contributed by atoms with Gasteiger partial charge in [0, 0.05) is 19.6 Å². The minimum absolute atomic E-state index is 0.244. The molecule has 0 unspecified atom stereocenters. The second-order valence-electron chi connectivity index (χ2n) is 2.21. The average molecular weight is 140 g/mol. The van der Waals surface area contributed by atoms with Gasteiger partial charge in [-0.1, -0.05) is 0 Å². The van der Waals surface area contributed by atoms with Crippen molar-refractivity contribution in [3.05, 3.63) is 18.0 Å². The molecule has 0 radical (unpaired) electrons. The Balaban J connectivity index is 2.58. The first kappa shape index (κ1) is 7.30. The van der Waals surface area contributed by atoms with Gasteiger partial charge in [-0.3, -0.25) is 4.68 Å². The molecule has 0 aromatic carbocycles. The Kier molecular flexibility index (Phi) is 2.08. The highest BCUT2D eigenvalue weighted by molar-refractivity contribution is 6.40. The van der Waals surface area contributed by atoms with Crippen molar-refractivity contribution in [1.82, 2.24) is 9.78 Å². The summed E-state index contributed by atoms with van der Waals surface area (Å²) in [7, 11) is 0.511. The molecule has 1 heterocycles. The molecule has 1 aromatic rings. The lowest BCUT2D eigenvalue weighted by atomic mass is 9.83. The third-order valence-electron chi connectivity index (χ3n) is 1.18. The normalized spacial score (nSPS) is 9.90. The molecule has 4 nitrogen and oxygen atoms in total. The lowest BCUT2D eigenvalue weighted by Gasteiger charge is -1.91. The van der Waals surface area contributed by atoms with Crippen LogP contribution in [0.1, 0.15) is 5.56 Å². The molecular formula is C5H9BN2O2. The number of aryl methyl sites for hydroxylation is 1. The van der Waals surface area contributed by atoms with Crippen LogP contribution in [0.25, 0.3) is 0 Å². The second-order valence-corrected chi connectivity index (χ2v) is 2.21. The summed E-state index contributed by atoms with van der Waals surface area (Å²) < 4.78 is 1.62. The van der Waals surface area contributed by atoms with Crippen LogP contribution in [0.3, 0.4) is 0 Å². The zero-order chi connectivity index (χ0) is 7.56. The van der Waals surface area contributed by atoms with Crippen molar-refractivity contribution >= 4 is 7.12 Å². The van der Waals surface area contributed by atoms with E-state index in [0.717, 1.165) is 5.56 Å². The Bertz CT molecular complexity index is 211. The molecule has 0 amide bonds. The maximum Gasteiger partial charge on any atom is 0.456 e. The van der Waals surface area contributed by atoms with E-state index in [4.69, 9.17) is 10.0 Å². The van der Waals surface area contributed by atoms with Crippen LogP contribution in [-0.2, 0) is 13.4 Å². The molecule has 0 aliphatic carbocycles. The van der Waals surface area contributed by atoms with Gasteiger partial charge in [0.05, 0.1) is 6.20 Å².